The Morgan fingerprint density at radius 1 is 1.20 bits per heavy atom. The van der Waals surface area contributed by atoms with Crippen molar-refractivity contribution in [2.45, 2.75) is 20.8 Å². The van der Waals surface area contributed by atoms with Crippen molar-refractivity contribution in [1.29, 1.82) is 0 Å². The monoisotopic (exact) mass is 144 g/mol. The predicted octanol–water partition coefficient (Wildman–Crippen LogP) is 1.89. The van der Waals surface area contributed by atoms with Gasteiger partial charge in [-0.1, -0.05) is 0 Å². The van der Waals surface area contributed by atoms with Crippen molar-refractivity contribution in [3.8, 4) is 0 Å². The van der Waals surface area contributed by atoms with Gasteiger partial charge in [0, 0.05) is 6.58 Å². The van der Waals surface area contributed by atoms with E-state index >= 15 is 0 Å². The zero-order valence-electron chi connectivity index (χ0n) is 7.22. The van der Waals surface area contributed by atoms with Crippen molar-refractivity contribution in [3.05, 3.63) is 12.5 Å². The molecule has 1 N–H and O–H groups in total. The van der Waals surface area contributed by atoms with Crippen molar-refractivity contribution in [1.82, 2.24) is 0 Å². The minimum Gasteiger partial charge on any atom is -0.468 e. The third-order valence-corrected chi connectivity index (χ3v) is 2.36. The summed E-state index contributed by atoms with van der Waals surface area (Å²) in [6.45, 7) is 12.5. The van der Waals surface area contributed by atoms with Gasteiger partial charge in [-0.25, -0.2) is 0 Å². The van der Waals surface area contributed by atoms with E-state index in [0.29, 0.717) is 4.48 Å². The maximum absolute atomic E-state index is 9.24. The number of aliphatic hydroxyl groups is 1. The summed E-state index contributed by atoms with van der Waals surface area (Å²) in [5, 5.41) is 9.24. The van der Waals surface area contributed by atoms with E-state index in [2.05, 4.69) is 27.4 Å². The van der Waals surface area contributed by atoms with Gasteiger partial charge in [-0.15, -0.1) is 0 Å². The van der Waals surface area contributed by atoms with Crippen LogP contribution in [0.25, 0.3) is 0 Å². The standard InChI is InChI=1S/C8H17NO/c1-5-9(6-2,7-3)8(4)10/h4-7H2,1-3H3/p+1. The quantitative estimate of drug-likeness (QED) is 0.472. The van der Waals surface area contributed by atoms with Gasteiger partial charge in [0.05, 0.1) is 19.6 Å². The number of hydrogen-bond acceptors (Lipinski definition) is 1. The van der Waals surface area contributed by atoms with Crippen molar-refractivity contribution in [2.75, 3.05) is 19.6 Å². The summed E-state index contributed by atoms with van der Waals surface area (Å²) in [4.78, 5) is 0. The Hall–Kier alpha value is -0.500. The highest BCUT2D eigenvalue weighted by atomic mass is 16.3. The Labute approximate surface area is 63.4 Å². The zero-order valence-corrected chi connectivity index (χ0v) is 7.22. The van der Waals surface area contributed by atoms with Crippen molar-refractivity contribution in [3.63, 3.8) is 0 Å². The van der Waals surface area contributed by atoms with E-state index in [9.17, 15) is 5.11 Å². The van der Waals surface area contributed by atoms with Crippen LogP contribution in [0.5, 0.6) is 0 Å². The summed E-state index contributed by atoms with van der Waals surface area (Å²) in [5.41, 5.74) is 0. The first-order valence-electron chi connectivity index (χ1n) is 3.87. The maximum Gasteiger partial charge on any atom is 0.281 e. The first-order valence-corrected chi connectivity index (χ1v) is 3.87. The smallest absolute Gasteiger partial charge is 0.281 e. The Bertz CT molecular complexity index is 108. The van der Waals surface area contributed by atoms with Crippen molar-refractivity contribution in [2.24, 2.45) is 0 Å². The molecule has 0 aromatic heterocycles. The molecule has 0 fully saturated rings. The van der Waals surface area contributed by atoms with Gasteiger partial charge in [0.25, 0.3) is 5.88 Å². The van der Waals surface area contributed by atoms with Crippen molar-refractivity contribution >= 4 is 0 Å². The molecule has 0 atom stereocenters. The molecular weight excluding hydrogens is 126 g/mol. The molecule has 2 nitrogen and oxygen atoms in total. The van der Waals surface area contributed by atoms with Gasteiger partial charge in [0.2, 0.25) is 0 Å². The lowest BCUT2D eigenvalue weighted by molar-refractivity contribution is -0.900. The molecule has 0 heterocycles. The molecule has 0 aromatic carbocycles. The molecule has 0 saturated heterocycles. The average Bonchev–Trinajstić information content (AvgIpc) is 1.92. The fourth-order valence-electron chi connectivity index (χ4n) is 1.22. The van der Waals surface area contributed by atoms with Gasteiger partial charge in [0.15, 0.2) is 0 Å². The second-order valence-corrected chi connectivity index (χ2v) is 2.51. The van der Waals surface area contributed by atoms with Gasteiger partial charge in [0.1, 0.15) is 0 Å². The Morgan fingerprint density at radius 2 is 1.50 bits per heavy atom. The van der Waals surface area contributed by atoms with Crippen LogP contribution >= 0.6 is 0 Å². The fourth-order valence-corrected chi connectivity index (χ4v) is 1.22. The van der Waals surface area contributed by atoms with E-state index in [-0.39, 0.29) is 5.88 Å². The zero-order chi connectivity index (χ0) is 8.20. The second kappa shape index (κ2) is 3.62. The minimum atomic E-state index is 0.285. The summed E-state index contributed by atoms with van der Waals surface area (Å²) < 4.78 is 0.625. The van der Waals surface area contributed by atoms with Crippen LogP contribution in [0.15, 0.2) is 12.5 Å². The highest BCUT2D eigenvalue weighted by molar-refractivity contribution is 4.65. The lowest BCUT2D eigenvalue weighted by Gasteiger charge is -2.32. The number of quaternary nitrogens is 1. The fraction of sp³-hybridized carbons (Fsp3) is 0.750. The molecule has 0 saturated carbocycles. The number of nitrogens with zero attached hydrogens (tertiary/aromatic N) is 1. The molecule has 2 heteroatoms. The van der Waals surface area contributed by atoms with E-state index in [1.165, 1.54) is 0 Å². The SMILES string of the molecule is C=C(O)[N+](CC)(CC)CC. The summed E-state index contributed by atoms with van der Waals surface area (Å²) in [6, 6.07) is 0. The van der Waals surface area contributed by atoms with Gasteiger partial charge in [-0.2, -0.15) is 0 Å². The average molecular weight is 144 g/mol. The highest BCUT2D eigenvalue weighted by Gasteiger charge is 2.24. The van der Waals surface area contributed by atoms with Gasteiger partial charge in [-0.05, 0) is 20.8 Å². The van der Waals surface area contributed by atoms with Crippen LogP contribution in [-0.2, 0) is 0 Å². The van der Waals surface area contributed by atoms with Crippen LogP contribution in [0, 0.1) is 0 Å². The normalized spacial score (nSPS) is 11.5. The molecule has 0 unspecified atom stereocenters. The van der Waals surface area contributed by atoms with Crippen LogP contribution in [0.3, 0.4) is 0 Å². The molecule has 10 heavy (non-hydrogen) atoms. The van der Waals surface area contributed by atoms with E-state index in [0.717, 1.165) is 19.6 Å². The van der Waals surface area contributed by atoms with Crippen LogP contribution < -0.4 is 0 Å². The highest BCUT2D eigenvalue weighted by Crippen LogP contribution is 2.11. The van der Waals surface area contributed by atoms with Crippen molar-refractivity contribution < 1.29 is 9.59 Å². The maximum atomic E-state index is 9.24. The molecule has 60 valence electrons. The number of rotatable bonds is 4. The molecule has 0 aliphatic heterocycles. The second-order valence-electron chi connectivity index (χ2n) is 2.51. The van der Waals surface area contributed by atoms with E-state index < -0.39 is 0 Å². The summed E-state index contributed by atoms with van der Waals surface area (Å²) in [5.74, 6) is 0.285. The molecule has 0 amide bonds. The third-order valence-electron chi connectivity index (χ3n) is 2.36. The molecule has 0 aromatic rings. The van der Waals surface area contributed by atoms with E-state index in [4.69, 9.17) is 0 Å². The lowest BCUT2D eigenvalue weighted by Crippen LogP contribution is -2.45. The summed E-state index contributed by atoms with van der Waals surface area (Å²) in [7, 11) is 0. The molecule has 0 spiro atoms. The Kier molecular flexibility index (Phi) is 3.43. The van der Waals surface area contributed by atoms with Gasteiger partial charge >= 0.3 is 0 Å². The molecule has 0 radical (unpaired) electrons. The Balaban J connectivity index is 4.31. The molecule has 0 bridgehead atoms. The Morgan fingerprint density at radius 3 is 1.50 bits per heavy atom. The minimum absolute atomic E-state index is 0.285. The van der Waals surface area contributed by atoms with Crippen LogP contribution in [0.4, 0.5) is 0 Å². The summed E-state index contributed by atoms with van der Waals surface area (Å²) >= 11 is 0. The predicted molar refractivity (Wildman–Crippen MR) is 43.7 cm³/mol. The molecule has 0 aliphatic rings. The van der Waals surface area contributed by atoms with Gasteiger partial charge in [-0.3, -0.25) is 4.48 Å². The topological polar surface area (TPSA) is 20.2 Å². The van der Waals surface area contributed by atoms with E-state index in [1.807, 2.05) is 0 Å². The van der Waals surface area contributed by atoms with Gasteiger partial charge < -0.3 is 5.11 Å². The van der Waals surface area contributed by atoms with E-state index in [1.54, 1.807) is 0 Å². The number of aliphatic hydroxyl groups excluding tert-OH is 1. The first kappa shape index (κ1) is 9.50. The third kappa shape index (κ3) is 1.51. The first-order chi connectivity index (χ1) is 4.63. The summed E-state index contributed by atoms with van der Waals surface area (Å²) in [6.07, 6.45) is 0. The van der Waals surface area contributed by atoms with Crippen LogP contribution in [0.1, 0.15) is 20.8 Å². The molecule has 0 rings (SSSR count). The lowest BCUT2D eigenvalue weighted by atomic mass is 10.3. The largest absolute Gasteiger partial charge is 0.468 e. The number of hydrogen-bond donors (Lipinski definition) is 1. The molecule has 0 aliphatic carbocycles. The van der Waals surface area contributed by atoms with Crippen LogP contribution in [0.2, 0.25) is 0 Å². The van der Waals surface area contributed by atoms with Crippen LogP contribution in [-0.4, -0.2) is 29.2 Å². The molecular formula is C8H18NO+.